The summed E-state index contributed by atoms with van der Waals surface area (Å²) in [7, 11) is 0. The molecule has 1 aromatic heterocycles. The Morgan fingerprint density at radius 3 is 2.89 bits per heavy atom. The van der Waals surface area contributed by atoms with Crippen LogP contribution in [-0.2, 0) is 13.0 Å². The number of nitrogens with zero attached hydrogens (tertiary/aromatic N) is 2. The minimum Gasteiger partial charge on any atom is -0.388 e. The molecule has 1 unspecified atom stereocenters. The molecular weight excluding hydrogens is 316 g/mol. The fourth-order valence-corrected chi connectivity index (χ4v) is 2.74. The second kappa shape index (κ2) is 5.87. The van der Waals surface area contributed by atoms with Gasteiger partial charge in [0.15, 0.2) is 0 Å². The highest BCUT2D eigenvalue weighted by Crippen LogP contribution is 2.28. The Labute approximate surface area is 120 Å². The summed E-state index contributed by atoms with van der Waals surface area (Å²) in [4.78, 5) is 0. The Morgan fingerprint density at radius 2 is 2.28 bits per heavy atom. The first-order chi connectivity index (χ1) is 8.60. The third-order valence-corrected chi connectivity index (χ3v) is 3.68. The lowest BCUT2D eigenvalue weighted by Crippen LogP contribution is -2.02. The molecule has 1 atom stereocenters. The maximum absolute atomic E-state index is 10.2. The Morgan fingerprint density at radius 1 is 1.50 bits per heavy atom. The molecule has 1 aromatic carbocycles. The number of aliphatic hydroxyl groups excluding tert-OH is 1. The van der Waals surface area contributed by atoms with Crippen molar-refractivity contribution in [1.82, 2.24) is 9.78 Å². The van der Waals surface area contributed by atoms with Crippen LogP contribution in [-0.4, -0.2) is 14.9 Å². The summed E-state index contributed by atoms with van der Waals surface area (Å²) in [6.45, 7) is 2.86. The Hall–Kier alpha value is -0.840. The predicted molar refractivity (Wildman–Crippen MR) is 75.7 cm³/mol. The molecule has 0 spiro atoms. The van der Waals surface area contributed by atoms with E-state index in [0.29, 0.717) is 11.4 Å². The van der Waals surface area contributed by atoms with Crippen molar-refractivity contribution in [2.24, 2.45) is 0 Å². The van der Waals surface area contributed by atoms with Crippen molar-refractivity contribution in [3.8, 4) is 0 Å². The van der Waals surface area contributed by atoms with E-state index in [1.807, 2.05) is 23.9 Å². The fraction of sp³-hybridized carbons (Fsp3) is 0.308. The van der Waals surface area contributed by atoms with Gasteiger partial charge in [0, 0.05) is 28.7 Å². The molecule has 1 N–H and O–H groups in total. The molecule has 2 aromatic rings. The molecule has 0 aliphatic carbocycles. The quantitative estimate of drug-likeness (QED) is 0.931. The number of hydrogen-bond acceptors (Lipinski definition) is 2. The van der Waals surface area contributed by atoms with Gasteiger partial charge in [-0.3, -0.25) is 4.68 Å². The van der Waals surface area contributed by atoms with Crippen molar-refractivity contribution in [1.29, 1.82) is 0 Å². The van der Waals surface area contributed by atoms with Crippen LogP contribution in [0.15, 0.2) is 35.1 Å². The number of halogens is 2. The lowest BCUT2D eigenvalue weighted by atomic mass is 10.0. The summed E-state index contributed by atoms with van der Waals surface area (Å²) in [5.41, 5.74) is 1.86. The molecule has 0 bridgehead atoms. The number of rotatable bonds is 4. The molecule has 18 heavy (non-hydrogen) atoms. The number of aryl methyl sites for hydroxylation is 1. The Balaban J connectivity index is 2.13. The lowest BCUT2D eigenvalue weighted by molar-refractivity contribution is 0.177. The Kier molecular flexibility index (Phi) is 4.43. The zero-order valence-electron chi connectivity index (χ0n) is 9.98. The first kappa shape index (κ1) is 13.6. The SMILES string of the molecule is CCn1cc(CC(O)c2ccc(Cl)cc2Br)cn1. The zero-order chi connectivity index (χ0) is 13.1. The van der Waals surface area contributed by atoms with Gasteiger partial charge in [-0.2, -0.15) is 5.10 Å². The average Bonchev–Trinajstić information content (AvgIpc) is 2.76. The van der Waals surface area contributed by atoms with Crippen molar-refractivity contribution in [2.45, 2.75) is 26.0 Å². The molecule has 96 valence electrons. The molecule has 0 aliphatic heterocycles. The largest absolute Gasteiger partial charge is 0.388 e. The van der Waals surface area contributed by atoms with Crippen molar-refractivity contribution >= 4 is 27.5 Å². The monoisotopic (exact) mass is 328 g/mol. The van der Waals surface area contributed by atoms with Crippen molar-refractivity contribution in [2.75, 3.05) is 0 Å². The van der Waals surface area contributed by atoms with Crippen LogP contribution in [0.1, 0.15) is 24.2 Å². The van der Waals surface area contributed by atoms with E-state index in [1.165, 1.54) is 0 Å². The van der Waals surface area contributed by atoms with Crippen LogP contribution in [0.3, 0.4) is 0 Å². The van der Waals surface area contributed by atoms with Crippen LogP contribution in [0, 0.1) is 0 Å². The number of hydrogen-bond donors (Lipinski definition) is 1. The molecular formula is C13H14BrClN2O. The third-order valence-electron chi connectivity index (χ3n) is 2.76. The molecule has 2 rings (SSSR count). The van der Waals surface area contributed by atoms with Gasteiger partial charge in [-0.15, -0.1) is 0 Å². The minimum absolute atomic E-state index is 0.542. The average molecular weight is 330 g/mol. The van der Waals surface area contributed by atoms with Gasteiger partial charge in [0.05, 0.1) is 12.3 Å². The van der Waals surface area contributed by atoms with Crippen LogP contribution >= 0.6 is 27.5 Å². The van der Waals surface area contributed by atoms with Crippen LogP contribution in [0.25, 0.3) is 0 Å². The molecule has 1 heterocycles. The van der Waals surface area contributed by atoms with Crippen LogP contribution in [0.5, 0.6) is 0 Å². The molecule has 5 heteroatoms. The van der Waals surface area contributed by atoms with Gasteiger partial charge in [0.25, 0.3) is 0 Å². The normalized spacial score (nSPS) is 12.7. The highest BCUT2D eigenvalue weighted by Gasteiger charge is 2.13. The fourth-order valence-electron chi connectivity index (χ4n) is 1.79. The van der Waals surface area contributed by atoms with Crippen LogP contribution in [0.4, 0.5) is 0 Å². The highest BCUT2D eigenvalue weighted by atomic mass is 79.9. The maximum Gasteiger partial charge on any atom is 0.0842 e. The third kappa shape index (κ3) is 3.13. The van der Waals surface area contributed by atoms with Gasteiger partial charge in [-0.25, -0.2) is 0 Å². The van der Waals surface area contributed by atoms with E-state index < -0.39 is 6.10 Å². The predicted octanol–water partition coefficient (Wildman–Crippen LogP) is 3.60. The standard InChI is InChI=1S/C13H14BrClN2O/c1-2-17-8-9(7-16-17)5-13(18)11-4-3-10(15)6-12(11)14/h3-4,6-8,13,18H,2,5H2,1H3. The molecule has 0 radical (unpaired) electrons. The molecule has 0 saturated heterocycles. The van der Waals surface area contributed by atoms with Gasteiger partial charge in [0.2, 0.25) is 0 Å². The topological polar surface area (TPSA) is 38.0 Å². The van der Waals surface area contributed by atoms with E-state index in [-0.39, 0.29) is 0 Å². The lowest BCUT2D eigenvalue weighted by Gasteiger charge is -2.12. The smallest absolute Gasteiger partial charge is 0.0842 e. The molecule has 0 saturated carbocycles. The van der Waals surface area contributed by atoms with Crippen molar-refractivity contribution in [3.05, 3.63) is 51.2 Å². The van der Waals surface area contributed by atoms with Gasteiger partial charge >= 0.3 is 0 Å². The van der Waals surface area contributed by atoms with E-state index in [1.54, 1.807) is 18.3 Å². The summed E-state index contributed by atoms with van der Waals surface area (Å²) in [5, 5.41) is 15.1. The van der Waals surface area contributed by atoms with E-state index in [2.05, 4.69) is 21.0 Å². The van der Waals surface area contributed by atoms with E-state index in [0.717, 1.165) is 22.1 Å². The number of benzene rings is 1. The van der Waals surface area contributed by atoms with Gasteiger partial charge in [-0.05, 0) is 30.2 Å². The van der Waals surface area contributed by atoms with E-state index in [9.17, 15) is 5.11 Å². The first-order valence-corrected chi connectivity index (χ1v) is 6.91. The summed E-state index contributed by atoms with van der Waals surface area (Å²) in [6.07, 6.45) is 3.72. The van der Waals surface area contributed by atoms with E-state index in [4.69, 9.17) is 11.6 Å². The summed E-state index contributed by atoms with van der Waals surface area (Å²) in [6, 6.07) is 5.40. The maximum atomic E-state index is 10.2. The number of aromatic nitrogens is 2. The Bertz CT molecular complexity index is 542. The second-order valence-corrected chi connectivity index (χ2v) is 5.38. The van der Waals surface area contributed by atoms with Gasteiger partial charge in [-0.1, -0.05) is 33.6 Å². The van der Waals surface area contributed by atoms with Crippen LogP contribution < -0.4 is 0 Å². The summed E-state index contributed by atoms with van der Waals surface area (Å²) in [5.74, 6) is 0. The molecule has 3 nitrogen and oxygen atoms in total. The zero-order valence-corrected chi connectivity index (χ0v) is 12.3. The number of aliphatic hydroxyl groups is 1. The molecule has 0 amide bonds. The molecule has 0 fully saturated rings. The summed E-state index contributed by atoms with van der Waals surface area (Å²) >= 11 is 9.29. The van der Waals surface area contributed by atoms with Gasteiger partial charge in [0.1, 0.15) is 0 Å². The summed E-state index contributed by atoms with van der Waals surface area (Å²) < 4.78 is 2.67. The first-order valence-electron chi connectivity index (χ1n) is 5.74. The van der Waals surface area contributed by atoms with Gasteiger partial charge < -0.3 is 5.11 Å². The van der Waals surface area contributed by atoms with Crippen molar-refractivity contribution < 1.29 is 5.11 Å². The van der Waals surface area contributed by atoms with Crippen molar-refractivity contribution in [3.63, 3.8) is 0 Å². The minimum atomic E-state index is -0.564. The second-order valence-electron chi connectivity index (χ2n) is 4.09. The highest BCUT2D eigenvalue weighted by molar-refractivity contribution is 9.10. The molecule has 0 aliphatic rings. The van der Waals surface area contributed by atoms with E-state index >= 15 is 0 Å². The van der Waals surface area contributed by atoms with Crippen LogP contribution in [0.2, 0.25) is 5.02 Å².